The minimum Gasteiger partial charge on any atom is -0.491 e. The topological polar surface area (TPSA) is 64.3 Å². The highest BCUT2D eigenvalue weighted by Gasteiger charge is 2.14. The van der Waals surface area contributed by atoms with Crippen LogP contribution in [0, 0.1) is 13.8 Å². The number of benzene rings is 1. The number of rotatable bonds is 6. The molecule has 1 atom stereocenters. The van der Waals surface area contributed by atoms with Gasteiger partial charge in [0.25, 0.3) is 0 Å². The van der Waals surface area contributed by atoms with Crippen LogP contribution in [0.5, 0.6) is 5.75 Å². The van der Waals surface area contributed by atoms with E-state index < -0.39 is 11.9 Å². The third-order valence-corrected chi connectivity index (χ3v) is 2.69. The van der Waals surface area contributed by atoms with Crippen LogP contribution in [0.25, 0.3) is 0 Å². The number of aryl methyl sites for hydroxylation is 2. The van der Waals surface area contributed by atoms with Crippen LogP contribution in [-0.4, -0.2) is 25.1 Å². The Morgan fingerprint density at radius 1 is 1.41 bits per heavy atom. The number of amides is 1. The molecule has 0 aliphatic rings. The van der Waals surface area contributed by atoms with E-state index in [-0.39, 0.29) is 6.61 Å². The van der Waals surface area contributed by atoms with E-state index in [2.05, 4.69) is 5.32 Å². The van der Waals surface area contributed by atoms with Gasteiger partial charge in [-0.05, 0) is 43.7 Å². The van der Waals surface area contributed by atoms with Crippen LogP contribution in [0.1, 0.15) is 18.1 Å². The zero-order chi connectivity index (χ0) is 12.8. The van der Waals surface area contributed by atoms with Crippen LogP contribution < -0.4 is 15.8 Å². The highest BCUT2D eigenvalue weighted by atomic mass is 16.5. The van der Waals surface area contributed by atoms with Gasteiger partial charge >= 0.3 is 0 Å². The van der Waals surface area contributed by atoms with Crippen LogP contribution in [0.3, 0.4) is 0 Å². The van der Waals surface area contributed by atoms with Gasteiger partial charge in [0.05, 0.1) is 0 Å². The normalized spacial score (nSPS) is 12.2. The van der Waals surface area contributed by atoms with Crippen molar-refractivity contribution in [2.45, 2.75) is 26.8 Å². The summed E-state index contributed by atoms with van der Waals surface area (Å²) in [5.74, 6) is 0.368. The van der Waals surface area contributed by atoms with Crippen molar-refractivity contribution in [3.8, 4) is 5.75 Å². The molecule has 1 amide bonds. The summed E-state index contributed by atoms with van der Waals surface area (Å²) in [7, 11) is 0. The highest BCUT2D eigenvalue weighted by Crippen LogP contribution is 2.16. The van der Waals surface area contributed by atoms with Gasteiger partial charge in [-0.3, -0.25) is 4.79 Å². The van der Waals surface area contributed by atoms with Crippen LogP contribution in [-0.2, 0) is 4.79 Å². The molecule has 0 fully saturated rings. The molecule has 0 saturated heterocycles. The number of hydrogen-bond donors (Lipinski definition) is 2. The zero-order valence-electron chi connectivity index (χ0n) is 10.6. The number of carbonyl (C=O) groups is 1. The predicted octanol–water partition coefficient (Wildman–Crippen LogP) is 1.15. The van der Waals surface area contributed by atoms with Gasteiger partial charge in [0.2, 0.25) is 5.91 Å². The Kier molecular flexibility index (Phi) is 4.97. The molecule has 1 aromatic carbocycles. The number of carbonyl (C=O) groups excluding carboxylic acids is 1. The quantitative estimate of drug-likeness (QED) is 0.778. The second kappa shape index (κ2) is 6.25. The van der Waals surface area contributed by atoms with E-state index in [4.69, 9.17) is 10.5 Å². The van der Waals surface area contributed by atoms with Crippen molar-refractivity contribution in [1.29, 1.82) is 0 Å². The molecule has 1 rings (SSSR count). The smallest absolute Gasteiger partial charge is 0.238 e. The molecule has 4 heteroatoms. The summed E-state index contributed by atoms with van der Waals surface area (Å²) in [6.45, 7) is 6.93. The lowest BCUT2D eigenvalue weighted by atomic mass is 10.1. The number of hydrogen-bond acceptors (Lipinski definition) is 3. The summed E-state index contributed by atoms with van der Waals surface area (Å²) in [5, 5.41) is 2.98. The molecule has 94 valence electrons. The maximum atomic E-state index is 11.1. The number of nitrogens with two attached hydrogens (primary N) is 1. The molecule has 0 spiro atoms. The number of primary amides is 1. The van der Waals surface area contributed by atoms with Crippen molar-refractivity contribution < 1.29 is 9.53 Å². The molecule has 0 aliphatic carbocycles. The number of ether oxygens (including phenoxy) is 1. The second-order valence-electron chi connectivity index (χ2n) is 4.07. The Balaban J connectivity index is 2.59. The van der Waals surface area contributed by atoms with Crippen molar-refractivity contribution >= 4 is 5.91 Å². The fourth-order valence-electron chi connectivity index (χ4n) is 1.47. The molecular weight excluding hydrogens is 216 g/mol. The van der Waals surface area contributed by atoms with Gasteiger partial charge in [-0.1, -0.05) is 13.0 Å². The van der Waals surface area contributed by atoms with Gasteiger partial charge in [-0.15, -0.1) is 0 Å². The zero-order valence-corrected chi connectivity index (χ0v) is 10.6. The van der Waals surface area contributed by atoms with E-state index in [1.165, 1.54) is 11.1 Å². The SMILES string of the molecule is CCNC(COc1ccc(C)c(C)c1)C(N)=O. The minimum absolute atomic E-state index is 0.256. The van der Waals surface area contributed by atoms with E-state index in [1.54, 1.807) is 0 Å². The van der Waals surface area contributed by atoms with Crippen LogP contribution >= 0.6 is 0 Å². The van der Waals surface area contributed by atoms with E-state index in [1.807, 2.05) is 39.0 Å². The first-order valence-electron chi connectivity index (χ1n) is 5.77. The molecule has 0 bridgehead atoms. The Bertz CT molecular complexity index is 391. The van der Waals surface area contributed by atoms with Crippen LogP contribution in [0.15, 0.2) is 18.2 Å². The summed E-state index contributed by atoms with van der Waals surface area (Å²) in [6, 6.07) is 5.41. The van der Waals surface area contributed by atoms with Crippen molar-refractivity contribution in [2.24, 2.45) is 5.73 Å². The van der Waals surface area contributed by atoms with Crippen molar-refractivity contribution in [3.63, 3.8) is 0 Å². The van der Waals surface area contributed by atoms with E-state index in [9.17, 15) is 4.79 Å². The molecule has 17 heavy (non-hydrogen) atoms. The first-order chi connectivity index (χ1) is 8.04. The van der Waals surface area contributed by atoms with Crippen molar-refractivity contribution in [3.05, 3.63) is 29.3 Å². The van der Waals surface area contributed by atoms with Gasteiger partial charge in [-0.2, -0.15) is 0 Å². The number of likely N-dealkylation sites (N-methyl/N-ethyl adjacent to an activating group) is 1. The fraction of sp³-hybridized carbons (Fsp3) is 0.462. The summed E-state index contributed by atoms with van der Waals surface area (Å²) < 4.78 is 5.55. The lowest BCUT2D eigenvalue weighted by Crippen LogP contribution is -2.45. The molecule has 1 unspecified atom stereocenters. The molecule has 3 N–H and O–H groups in total. The highest BCUT2D eigenvalue weighted by molar-refractivity contribution is 5.80. The third-order valence-electron chi connectivity index (χ3n) is 2.69. The molecule has 0 aromatic heterocycles. The molecule has 0 radical (unpaired) electrons. The number of nitrogens with one attached hydrogen (secondary N) is 1. The predicted molar refractivity (Wildman–Crippen MR) is 68.1 cm³/mol. The molecule has 1 aromatic rings. The summed E-state index contributed by atoms with van der Waals surface area (Å²) in [6.07, 6.45) is 0. The van der Waals surface area contributed by atoms with Gasteiger partial charge in [0.15, 0.2) is 0 Å². The Morgan fingerprint density at radius 2 is 2.12 bits per heavy atom. The van der Waals surface area contributed by atoms with Gasteiger partial charge in [0, 0.05) is 0 Å². The Hall–Kier alpha value is -1.55. The first kappa shape index (κ1) is 13.5. The molecule has 0 aliphatic heterocycles. The maximum absolute atomic E-state index is 11.1. The summed E-state index contributed by atoms with van der Waals surface area (Å²) in [4.78, 5) is 11.1. The van der Waals surface area contributed by atoms with Gasteiger partial charge in [0.1, 0.15) is 18.4 Å². The molecule has 4 nitrogen and oxygen atoms in total. The van der Waals surface area contributed by atoms with E-state index in [0.29, 0.717) is 6.54 Å². The van der Waals surface area contributed by atoms with Gasteiger partial charge < -0.3 is 15.8 Å². The van der Waals surface area contributed by atoms with E-state index in [0.717, 1.165) is 5.75 Å². The maximum Gasteiger partial charge on any atom is 0.238 e. The lowest BCUT2D eigenvalue weighted by Gasteiger charge is -2.15. The summed E-state index contributed by atoms with van der Waals surface area (Å²) >= 11 is 0. The van der Waals surface area contributed by atoms with Crippen molar-refractivity contribution in [1.82, 2.24) is 5.32 Å². The average molecular weight is 236 g/mol. The van der Waals surface area contributed by atoms with Crippen molar-refractivity contribution in [2.75, 3.05) is 13.2 Å². The standard InChI is InChI=1S/C13H20N2O2/c1-4-15-12(13(14)16)8-17-11-6-5-9(2)10(3)7-11/h5-7,12,15H,4,8H2,1-3H3,(H2,14,16). The summed E-state index contributed by atoms with van der Waals surface area (Å²) in [5.41, 5.74) is 7.65. The monoisotopic (exact) mass is 236 g/mol. The second-order valence-corrected chi connectivity index (χ2v) is 4.07. The van der Waals surface area contributed by atoms with Crippen LogP contribution in [0.2, 0.25) is 0 Å². The fourth-order valence-corrected chi connectivity index (χ4v) is 1.47. The van der Waals surface area contributed by atoms with Crippen LogP contribution in [0.4, 0.5) is 0 Å². The Labute approximate surface area is 102 Å². The molecule has 0 saturated carbocycles. The third kappa shape index (κ3) is 4.07. The average Bonchev–Trinajstić information content (AvgIpc) is 2.28. The minimum atomic E-state index is -0.443. The first-order valence-corrected chi connectivity index (χ1v) is 5.77. The Morgan fingerprint density at radius 3 is 2.65 bits per heavy atom. The molecule has 0 heterocycles. The largest absolute Gasteiger partial charge is 0.491 e. The van der Waals surface area contributed by atoms with E-state index >= 15 is 0 Å². The van der Waals surface area contributed by atoms with Gasteiger partial charge in [-0.25, -0.2) is 0 Å². The molecular formula is C13H20N2O2. The lowest BCUT2D eigenvalue weighted by molar-refractivity contribution is -0.120.